The minimum Gasteiger partial charge on any atom is -0.363 e. The minimum absolute atomic E-state index is 0.219. The average Bonchev–Trinajstić information content (AvgIpc) is 2.95. The highest BCUT2D eigenvalue weighted by Gasteiger charge is 2.20. The molecule has 0 bridgehead atoms. The number of hydrogen-bond donors (Lipinski definition) is 2. The lowest BCUT2D eigenvalue weighted by Crippen LogP contribution is -2.22. The fraction of sp³-hybridized carbons (Fsp3) is 0.294. The second-order valence-electron chi connectivity index (χ2n) is 5.61. The molecule has 0 amide bonds. The first-order valence-corrected chi connectivity index (χ1v) is 8.42. The second kappa shape index (κ2) is 5.66. The third kappa shape index (κ3) is 2.36. The molecule has 2 aromatic heterocycles. The van der Waals surface area contributed by atoms with Crippen LogP contribution in [0.4, 0.5) is 5.82 Å². The third-order valence-corrected chi connectivity index (χ3v) is 5.30. The van der Waals surface area contributed by atoms with Crippen molar-refractivity contribution in [2.24, 2.45) is 0 Å². The van der Waals surface area contributed by atoms with E-state index in [1.54, 1.807) is 17.7 Å². The Labute approximate surface area is 133 Å². The summed E-state index contributed by atoms with van der Waals surface area (Å²) in [5, 5.41) is 8.22. The van der Waals surface area contributed by atoms with Gasteiger partial charge in [0.15, 0.2) is 0 Å². The maximum Gasteiger partial charge on any atom is 0.138 e. The Hall–Kier alpha value is -1.98. The Morgan fingerprint density at radius 1 is 1.23 bits per heavy atom. The number of thiophene rings is 1. The standard InChI is InChI=1S/C17H18N4S/c1-11(12-5-3-2-4-6-12)21-16-15-13-7-8-18-9-14(13)22-17(15)20-10-19-16/h2-6,10-11,18H,7-9H2,1H3,(H,19,20,21). The van der Waals surface area contributed by atoms with Crippen LogP contribution in [0, 0.1) is 0 Å². The summed E-state index contributed by atoms with van der Waals surface area (Å²) < 4.78 is 0. The summed E-state index contributed by atoms with van der Waals surface area (Å²) in [6.07, 6.45) is 2.72. The third-order valence-electron chi connectivity index (χ3n) is 4.16. The van der Waals surface area contributed by atoms with Crippen molar-refractivity contribution >= 4 is 27.4 Å². The molecule has 0 aliphatic carbocycles. The summed E-state index contributed by atoms with van der Waals surface area (Å²) in [5.41, 5.74) is 2.68. The predicted octanol–water partition coefficient (Wildman–Crippen LogP) is 3.51. The minimum atomic E-state index is 0.219. The zero-order valence-corrected chi connectivity index (χ0v) is 13.3. The molecule has 112 valence electrons. The van der Waals surface area contributed by atoms with Gasteiger partial charge in [-0.1, -0.05) is 30.3 Å². The van der Waals surface area contributed by atoms with Gasteiger partial charge in [-0.15, -0.1) is 11.3 Å². The van der Waals surface area contributed by atoms with Crippen LogP contribution in [0.1, 0.15) is 29.0 Å². The quantitative estimate of drug-likeness (QED) is 0.777. The molecule has 0 radical (unpaired) electrons. The van der Waals surface area contributed by atoms with E-state index < -0.39 is 0 Å². The molecule has 0 spiro atoms. The monoisotopic (exact) mass is 310 g/mol. The Balaban J connectivity index is 1.74. The van der Waals surface area contributed by atoms with Gasteiger partial charge in [0.25, 0.3) is 0 Å². The van der Waals surface area contributed by atoms with Gasteiger partial charge in [0, 0.05) is 17.5 Å². The van der Waals surface area contributed by atoms with Crippen molar-refractivity contribution in [1.82, 2.24) is 15.3 Å². The van der Waals surface area contributed by atoms with E-state index in [9.17, 15) is 0 Å². The van der Waals surface area contributed by atoms with Gasteiger partial charge < -0.3 is 10.6 Å². The van der Waals surface area contributed by atoms with Crippen LogP contribution in [0.15, 0.2) is 36.7 Å². The Kier molecular flexibility index (Phi) is 3.52. The summed E-state index contributed by atoms with van der Waals surface area (Å²) in [4.78, 5) is 11.5. The van der Waals surface area contributed by atoms with Crippen LogP contribution in [0.25, 0.3) is 10.2 Å². The van der Waals surface area contributed by atoms with Crippen LogP contribution in [-0.2, 0) is 13.0 Å². The van der Waals surface area contributed by atoms with Crippen molar-refractivity contribution in [3.8, 4) is 0 Å². The van der Waals surface area contributed by atoms with Crippen molar-refractivity contribution in [1.29, 1.82) is 0 Å². The van der Waals surface area contributed by atoms with Gasteiger partial charge in [-0.05, 0) is 31.0 Å². The van der Waals surface area contributed by atoms with E-state index in [1.807, 2.05) is 6.07 Å². The number of fused-ring (bicyclic) bond motifs is 3. The van der Waals surface area contributed by atoms with Crippen LogP contribution < -0.4 is 10.6 Å². The largest absolute Gasteiger partial charge is 0.363 e. The van der Waals surface area contributed by atoms with Crippen LogP contribution >= 0.6 is 11.3 Å². The number of aromatic nitrogens is 2. The smallest absolute Gasteiger partial charge is 0.138 e. The number of nitrogens with zero attached hydrogens (tertiary/aromatic N) is 2. The van der Waals surface area contributed by atoms with E-state index in [-0.39, 0.29) is 6.04 Å². The van der Waals surface area contributed by atoms with Crippen LogP contribution in [0.5, 0.6) is 0 Å². The van der Waals surface area contributed by atoms with Gasteiger partial charge in [0.1, 0.15) is 17.0 Å². The van der Waals surface area contributed by atoms with E-state index in [4.69, 9.17) is 0 Å². The summed E-state index contributed by atoms with van der Waals surface area (Å²) in [7, 11) is 0. The second-order valence-corrected chi connectivity index (χ2v) is 6.69. The first-order chi connectivity index (χ1) is 10.8. The van der Waals surface area contributed by atoms with E-state index >= 15 is 0 Å². The summed E-state index contributed by atoms with van der Waals surface area (Å²) in [6.45, 7) is 4.15. The Bertz CT molecular complexity index is 797. The average molecular weight is 310 g/mol. The maximum atomic E-state index is 4.52. The predicted molar refractivity (Wildman–Crippen MR) is 91.3 cm³/mol. The molecule has 1 aliphatic rings. The molecule has 3 aromatic rings. The topological polar surface area (TPSA) is 49.8 Å². The molecule has 2 N–H and O–H groups in total. The molecular formula is C17H18N4S. The SMILES string of the molecule is CC(Nc1ncnc2sc3c(c12)CCNC3)c1ccccc1. The fourth-order valence-electron chi connectivity index (χ4n) is 3.00. The van der Waals surface area contributed by atoms with Crippen molar-refractivity contribution in [3.63, 3.8) is 0 Å². The van der Waals surface area contributed by atoms with Gasteiger partial charge in [-0.3, -0.25) is 0 Å². The van der Waals surface area contributed by atoms with Crippen molar-refractivity contribution in [3.05, 3.63) is 52.7 Å². The molecular weight excluding hydrogens is 292 g/mol. The van der Waals surface area contributed by atoms with E-state index in [1.165, 1.54) is 21.4 Å². The summed E-state index contributed by atoms with van der Waals surface area (Å²) in [5.74, 6) is 0.959. The number of hydrogen-bond acceptors (Lipinski definition) is 5. The van der Waals surface area contributed by atoms with Gasteiger partial charge in [-0.25, -0.2) is 9.97 Å². The van der Waals surface area contributed by atoms with Gasteiger partial charge in [0.05, 0.1) is 5.39 Å². The highest BCUT2D eigenvalue weighted by Crippen LogP contribution is 2.36. The van der Waals surface area contributed by atoms with Crippen molar-refractivity contribution in [2.75, 3.05) is 11.9 Å². The van der Waals surface area contributed by atoms with Gasteiger partial charge >= 0.3 is 0 Å². The molecule has 0 saturated heterocycles. The van der Waals surface area contributed by atoms with Gasteiger partial charge in [0.2, 0.25) is 0 Å². The normalized spacial score (nSPS) is 15.5. The number of benzene rings is 1. The van der Waals surface area contributed by atoms with Crippen molar-refractivity contribution in [2.45, 2.75) is 25.9 Å². The Morgan fingerprint density at radius 3 is 2.95 bits per heavy atom. The molecule has 1 aliphatic heterocycles. The Morgan fingerprint density at radius 2 is 2.09 bits per heavy atom. The first kappa shape index (κ1) is 13.7. The van der Waals surface area contributed by atoms with Crippen LogP contribution in [0.3, 0.4) is 0 Å². The van der Waals surface area contributed by atoms with Gasteiger partial charge in [-0.2, -0.15) is 0 Å². The van der Waals surface area contributed by atoms with Crippen molar-refractivity contribution < 1.29 is 0 Å². The van der Waals surface area contributed by atoms with E-state index in [0.717, 1.165) is 30.2 Å². The molecule has 1 aromatic carbocycles. The summed E-state index contributed by atoms with van der Waals surface area (Å²) >= 11 is 1.78. The highest BCUT2D eigenvalue weighted by atomic mass is 32.1. The number of rotatable bonds is 3. The lowest BCUT2D eigenvalue weighted by atomic mass is 10.1. The molecule has 4 nitrogen and oxygen atoms in total. The molecule has 0 saturated carbocycles. The van der Waals surface area contributed by atoms with E-state index in [0.29, 0.717) is 0 Å². The molecule has 1 atom stereocenters. The molecule has 4 rings (SSSR count). The number of anilines is 1. The van der Waals surface area contributed by atoms with E-state index in [2.05, 4.69) is 51.8 Å². The highest BCUT2D eigenvalue weighted by molar-refractivity contribution is 7.18. The van der Waals surface area contributed by atoms with Crippen LogP contribution in [0.2, 0.25) is 0 Å². The molecule has 5 heteroatoms. The lowest BCUT2D eigenvalue weighted by molar-refractivity contribution is 0.657. The zero-order chi connectivity index (χ0) is 14.9. The van der Waals surface area contributed by atoms with Crippen LogP contribution in [-0.4, -0.2) is 16.5 Å². The fourth-order valence-corrected chi connectivity index (χ4v) is 4.16. The first-order valence-electron chi connectivity index (χ1n) is 7.60. The molecule has 0 fully saturated rings. The molecule has 3 heterocycles. The molecule has 22 heavy (non-hydrogen) atoms. The molecule has 1 unspecified atom stereocenters. The number of nitrogens with one attached hydrogen (secondary N) is 2. The zero-order valence-electron chi connectivity index (χ0n) is 12.5. The maximum absolute atomic E-state index is 4.52. The summed E-state index contributed by atoms with van der Waals surface area (Å²) in [6, 6.07) is 10.7. The lowest BCUT2D eigenvalue weighted by Gasteiger charge is -2.17.